The van der Waals surface area contributed by atoms with Gasteiger partial charge >= 0.3 is 0 Å². The summed E-state index contributed by atoms with van der Waals surface area (Å²) in [5.41, 5.74) is -0.505. The fourth-order valence-corrected chi connectivity index (χ4v) is 3.68. The number of rotatable bonds is 3. The number of ether oxygens (including phenoxy) is 1. The number of piperidine rings is 1. The molecule has 1 aromatic heterocycles. The predicted molar refractivity (Wildman–Crippen MR) is 90.2 cm³/mol. The van der Waals surface area contributed by atoms with Crippen LogP contribution in [0.2, 0.25) is 0 Å². The summed E-state index contributed by atoms with van der Waals surface area (Å²) >= 11 is 0. The molecule has 8 heteroatoms. The lowest BCUT2D eigenvalue weighted by Crippen LogP contribution is -2.69. The van der Waals surface area contributed by atoms with Gasteiger partial charge in [-0.15, -0.1) is 12.4 Å². The third-order valence-electron chi connectivity index (χ3n) is 5.00. The van der Waals surface area contributed by atoms with Crippen molar-refractivity contribution in [1.82, 2.24) is 15.8 Å². The lowest BCUT2D eigenvalue weighted by Gasteiger charge is -2.52. The van der Waals surface area contributed by atoms with Gasteiger partial charge in [-0.3, -0.25) is 4.79 Å². The van der Waals surface area contributed by atoms with Gasteiger partial charge < -0.3 is 25.0 Å². The zero-order valence-electron chi connectivity index (χ0n) is 14.1. The Labute approximate surface area is 147 Å². The number of hydrogen-bond donors (Lipinski definition) is 3. The molecule has 0 aliphatic carbocycles. The number of aliphatic hydroxyl groups excluding tert-OH is 1. The number of nitrogens with zero attached hydrogens (tertiary/aromatic N) is 1. The average Bonchev–Trinajstić information content (AvgIpc) is 2.91. The molecule has 0 bridgehead atoms. The van der Waals surface area contributed by atoms with E-state index in [4.69, 9.17) is 9.26 Å². The summed E-state index contributed by atoms with van der Waals surface area (Å²) in [6.07, 6.45) is 1.48. The number of nitrogens with one attached hydrogen (secondary N) is 2. The van der Waals surface area contributed by atoms with Crippen LogP contribution >= 0.6 is 12.4 Å². The third-order valence-corrected chi connectivity index (χ3v) is 5.00. The van der Waals surface area contributed by atoms with Crippen LogP contribution in [0.25, 0.3) is 0 Å². The van der Waals surface area contributed by atoms with Gasteiger partial charge in [0.05, 0.1) is 23.3 Å². The lowest BCUT2D eigenvalue weighted by atomic mass is 9.73. The van der Waals surface area contributed by atoms with Crippen LogP contribution in [0.15, 0.2) is 10.6 Å². The van der Waals surface area contributed by atoms with Gasteiger partial charge in [0.25, 0.3) is 0 Å². The lowest BCUT2D eigenvalue weighted by molar-refractivity contribution is -0.200. The fourth-order valence-electron chi connectivity index (χ4n) is 3.68. The first-order valence-electron chi connectivity index (χ1n) is 8.20. The van der Waals surface area contributed by atoms with E-state index in [1.54, 1.807) is 6.07 Å². The first-order valence-corrected chi connectivity index (χ1v) is 8.20. The minimum atomic E-state index is -0.730. The Morgan fingerprint density at radius 2 is 2.17 bits per heavy atom. The molecule has 136 valence electrons. The van der Waals surface area contributed by atoms with Crippen LogP contribution < -0.4 is 10.6 Å². The molecule has 2 aliphatic rings. The smallest absolute Gasteiger partial charge is 0.228 e. The van der Waals surface area contributed by atoms with Crippen LogP contribution in [0, 0.1) is 6.92 Å². The molecule has 0 radical (unpaired) electrons. The quantitative estimate of drug-likeness (QED) is 0.736. The number of aliphatic hydroxyl groups is 1. The fraction of sp³-hybridized carbons (Fsp3) is 0.750. The summed E-state index contributed by atoms with van der Waals surface area (Å²) in [5.74, 6) is 0.357. The number of hydrogen-bond acceptors (Lipinski definition) is 6. The monoisotopic (exact) mass is 359 g/mol. The number of aryl methyl sites for hydroxylation is 1. The van der Waals surface area contributed by atoms with E-state index in [0.717, 1.165) is 31.6 Å². The number of aromatic nitrogens is 1. The van der Waals surface area contributed by atoms with Crippen molar-refractivity contribution in [2.45, 2.75) is 56.8 Å². The van der Waals surface area contributed by atoms with Gasteiger partial charge in [-0.05, 0) is 46.2 Å². The Kier molecular flexibility index (Phi) is 5.91. The van der Waals surface area contributed by atoms with Crippen LogP contribution in [0.1, 0.15) is 37.6 Å². The van der Waals surface area contributed by atoms with Crippen LogP contribution in [0.4, 0.5) is 0 Å². The Morgan fingerprint density at radius 1 is 1.46 bits per heavy atom. The van der Waals surface area contributed by atoms with E-state index in [1.807, 2.05) is 13.8 Å². The zero-order chi connectivity index (χ0) is 16.5. The summed E-state index contributed by atoms with van der Waals surface area (Å²) in [6, 6.07) is 1.75. The molecule has 2 fully saturated rings. The highest BCUT2D eigenvalue weighted by atomic mass is 35.5. The first-order chi connectivity index (χ1) is 10.9. The molecule has 3 heterocycles. The summed E-state index contributed by atoms with van der Waals surface area (Å²) in [5, 5.41) is 21.0. The first kappa shape index (κ1) is 19.2. The van der Waals surface area contributed by atoms with Crippen molar-refractivity contribution in [2.75, 3.05) is 19.7 Å². The molecule has 3 N–H and O–H groups in total. The largest absolute Gasteiger partial charge is 0.388 e. The Hall–Kier alpha value is -1.15. The van der Waals surface area contributed by atoms with Gasteiger partial charge in [0.15, 0.2) is 0 Å². The van der Waals surface area contributed by atoms with Crippen LogP contribution in [-0.4, -0.2) is 53.1 Å². The molecule has 1 aromatic rings. The van der Waals surface area contributed by atoms with Crippen molar-refractivity contribution in [3.05, 3.63) is 17.5 Å². The second-order valence-electron chi connectivity index (χ2n) is 6.89. The summed E-state index contributed by atoms with van der Waals surface area (Å²) in [7, 11) is 0. The van der Waals surface area contributed by atoms with E-state index in [9.17, 15) is 9.90 Å². The molecular weight excluding hydrogens is 334 g/mol. The predicted octanol–water partition coefficient (Wildman–Crippen LogP) is 0.726. The standard InChI is InChI=1S/C16H25N3O4.ClH/c1-11-9-12(23-19-11)10-13(20)18-15(2)5-8-22-16(14(15)21)3-6-17-7-4-16;/h9,14,17,21H,3-8,10H2,1-2H3,(H,18,20);1H/t14-,15+;/m0./s1. The Bertz CT molecular complexity index is 568. The van der Waals surface area contributed by atoms with Crippen molar-refractivity contribution in [3.63, 3.8) is 0 Å². The molecule has 1 amide bonds. The van der Waals surface area contributed by atoms with E-state index in [2.05, 4.69) is 15.8 Å². The maximum atomic E-state index is 12.3. The van der Waals surface area contributed by atoms with Gasteiger partial charge in [-0.2, -0.15) is 0 Å². The molecule has 3 rings (SSSR count). The number of amides is 1. The summed E-state index contributed by atoms with van der Waals surface area (Å²) in [4.78, 5) is 12.3. The highest BCUT2D eigenvalue weighted by Gasteiger charge is 2.53. The molecule has 0 saturated carbocycles. The van der Waals surface area contributed by atoms with Crippen molar-refractivity contribution >= 4 is 18.3 Å². The van der Waals surface area contributed by atoms with Gasteiger partial charge in [0.1, 0.15) is 11.9 Å². The van der Waals surface area contributed by atoms with Gasteiger partial charge in [-0.25, -0.2) is 0 Å². The summed E-state index contributed by atoms with van der Waals surface area (Å²) in [6.45, 7) is 5.88. The second kappa shape index (κ2) is 7.39. The van der Waals surface area contributed by atoms with Crippen LogP contribution in [-0.2, 0) is 16.0 Å². The minimum absolute atomic E-state index is 0. The van der Waals surface area contributed by atoms with Crippen molar-refractivity contribution in [3.8, 4) is 0 Å². The molecule has 2 atom stereocenters. The van der Waals surface area contributed by atoms with E-state index >= 15 is 0 Å². The van der Waals surface area contributed by atoms with Crippen molar-refractivity contribution in [1.29, 1.82) is 0 Å². The molecular formula is C16H26ClN3O4. The molecule has 24 heavy (non-hydrogen) atoms. The Morgan fingerprint density at radius 3 is 2.79 bits per heavy atom. The number of carbonyl (C=O) groups excluding carboxylic acids is 1. The van der Waals surface area contributed by atoms with E-state index in [-0.39, 0.29) is 24.7 Å². The van der Waals surface area contributed by atoms with E-state index < -0.39 is 17.2 Å². The van der Waals surface area contributed by atoms with Gasteiger partial charge in [0, 0.05) is 12.7 Å². The maximum absolute atomic E-state index is 12.3. The molecule has 1 spiro atoms. The van der Waals surface area contributed by atoms with E-state index in [0.29, 0.717) is 18.8 Å². The van der Waals surface area contributed by atoms with Gasteiger partial charge in [0.2, 0.25) is 5.91 Å². The highest BCUT2D eigenvalue weighted by Crippen LogP contribution is 2.38. The van der Waals surface area contributed by atoms with Crippen LogP contribution in [0.3, 0.4) is 0 Å². The van der Waals surface area contributed by atoms with Crippen LogP contribution in [0.5, 0.6) is 0 Å². The third kappa shape index (κ3) is 3.74. The minimum Gasteiger partial charge on any atom is -0.388 e. The summed E-state index contributed by atoms with van der Waals surface area (Å²) < 4.78 is 11.0. The molecule has 2 aliphatic heterocycles. The SMILES string of the molecule is Cc1cc(CC(=O)N[C@]2(C)CCOC3(CCNCC3)[C@H]2O)on1.Cl. The zero-order valence-corrected chi connectivity index (χ0v) is 14.9. The molecule has 2 saturated heterocycles. The number of halogens is 1. The normalized spacial score (nSPS) is 29.0. The highest BCUT2D eigenvalue weighted by molar-refractivity contribution is 5.85. The molecule has 0 aromatic carbocycles. The van der Waals surface area contributed by atoms with Crippen molar-refractivity contribution < 1.29 is 19.2 Å². The average molecular weight is 360 g/mol. The number of carbonyl (C=O) groups is 1. The maximum Gasteiger partial charge on any atom is 0.228 e. The van der Waals surface area contributed by atoms with E-state index in [1.165, 1.54) is 0 Å². The second-order valence-corrected chi connectivity index (χ2v) is 6.89. The van der Waals surface area contributed by atoms with Gasteiger partial charge in [-0.1, -0.05) is 5.16 Å². The van der Waals surface area contributed by atoms with Crippen molar-refractivity contribution in [2.24, 2.45) is 0 Å². The molecule has 7 nitrogen and oxygen atoms in total. The molecule has 0 unspecified atom stereocenters. The topological polar surface area (TPSA) is 96.6 Å². The Balaban J connectivity index is 0.00000208.